The Kier molecular flexibility index (Phi) is 4.92. The van der Waals surface area contributed by atoms with Crippen molar-refractivity contribution in [1.82, 2.24) is 10.6 Å². The van der Waals surface area contributed by atoms with Gasteiger partial charge in [-0.15, -0.1) is 0 Å². The molecule has 2 aromatic rings. The molecular weight excluding hydrogens is 288 g/mol. The summed E-state index contributed by atoms with van der Waals surface area (Å²) in [5.74, 6) is -1.75. The Hall–Kier alpha value is -3.09. The number of carboxylic acids is 1. The maximum Gasteiger partial charge on any atom is 0.322 e. The lowest BCUT2D eigenvalue weighted by molar-refractivity contribution is -0.135. The second-order valence-electron chi connectivity index (χ2n) is 4.44. The molecule has 0 bridgehead atoms. The van der Waals surface area contributed by atoms with Gasteiger partial charge in [-0.1, -0.05) is 12.1 Å². The Balaban J connectivity index is 1.95. The normalized spacial score (nSPS) is 10.0. The van der Waals surface area contributed by atoms with Crippen molar-refractivity contribution in [3.8, 4) is 0 Å². The van der Waals surface area contributed by atoms with Gasteiger partial charge in [-0.05, 0) is 29.8 Å². The lowest BCUT2D eigenvalue weighted by Gasteiger charge is -2.06. The Bertz CT molecular complexity index is 679. The predicted octanol–water partition coefficient (Wildman–Crippen LogP) is 1.02. The van der Waals surface area contributed by atoms with Gasteiger partial charge in [-0.25, -0.2) is 0 Å². The Labute approximate surface area is 125 Å². The smallest absolute Gasteiger partial charge is 0.322 e. The van der Waals surface area contributed by atoms with Crippen LogP contribution in [-0.2, 0) is 11.3 Å². The van der Waals surface area contributed by atoms with Crippen molar-refractivity contribution in [3.63, 3.8) is 0 Å². The molecule has 1 aromatic heterocycles. The summed E-state index contributed by atoms with van der Waals surface area (Å²) in [6, 6.07) is 9.71. The highest BCUT2D eigenvalue weighted by molar-refractivity contribution is 5.96. The predicted molar refractivity (Wildman–Crippen MR) is 76.3 cm³/mol. The molecular formula is C15H14N2O5. The first-order valence-corrected chi connectivity index (χ1v) is 6.47. The van der Waals surface area contributed by atoms with Gasteiger partial charge >= 0.3 is 5.97 Å². The van der Waals surface area contributed by atoms with Crippen molar-refractivity contribution in [2.75, 3.05) is 6.54 Å². The quantitative estimate of drug-likeness (QED) is 0.738. The summed E-state index contributed by atoms with van der Waals surface area (Å²) < 4.78 is 4.97. The van der Waals surface area contributed by atoms with E-state index in [0.29, 0.717) is 11.1 Å². The van der Waals surface area contributed by atoms with Crippen LogP contribution in [0.25, 0.3) is 0 Å². The topological polar surface area (TPSA) is 109 Å². The zero-order valence-corrected chi connectivity index (χ0v) is 11.5. The van der Waals surface area contributed by atoms with E-state index >= 15 is 0 Å². The average Bonchev–Trinajstić information content (AvgIpc) is 3.05. The number of carbonyl (C=O) groups is 3. The number of furan rings is 1. The molecule has 2 rings (SSSR count). The average molecular weight is 302 g/mol. The summed E-state index contributed by atoms with van der Waals surface area (Å²) in [6.45, 7) is -0.224. The molecule has 1 aromatic carbocycles. The van der Waals surface area contributed by atoms with Crippen LogP contribution in [0, 0.1) is 0 Å². The second-order valence-corrected chi connectivity index (χ2v) is 4.44. The van der Waals surface area contributed by atoms with Crippen LogP contribution in [0.1, 0.15) is 26.5 Å². The van der Waals surface area contributed by atoms with Crippen LogP contribution in [0.4, 0.5) is 0 Å². The molecule has 22 heavy (non-hydrogen) atoms. The number of amides is 2. The summed E-state index contributed by atoms with van der Waals surface area (Å²) in [5.41, 5.74) is 1.04. The molecule has 0 unspecified atom stereocenters. The summed E-state index contributed by atoms with van der Waals surface area (Å²) in [7, 11) is 0. The van der Waals surface area contributed by atoms with Crippen molar-refractivity contribution in [1.29, 1.82) is 0 Å². The highest BCUT2D eigenvalue weighted by Gasteiger charge is 2.10. The molecule has 114 valence electrons. The lowest BCUT2D eigenvalue weighted by atomic mass is 10.1. The van der Waals surface area contributed by atoms with Gasteiger partial charge < -0.3 is 20.2 Å². The zero-order valence-electron chi connectivity index (χ0n) is 11.5. The molecule has 0 fully saturated rings. The van der Waals surface area contributed by atoms with Gasteiger partial charge in [-0.2, -0.15) is 0 Å². The van der Waals surface area contributed by atoms with E-state index < -0.39 is 18.4 Å². The van der Waals surface area contributed by atoms with Crippen molar-refractivity contribution in [3.05, 3.63) is 59.5 Å². The minimum absolute atomic E-state index is 0.204. The molecule has 3 N–H and O–H groups in total. The lowest BCUT2D eigenvalue weighted by Crippen LogP contribution is -2.29. The number of benzene rings is 1. The third kappa shape index (κ3) is 4.20. The fourth-order valence-corrected chi connectivity index (χ4v) is 1.76. The number of hydrogen-bond donors (Lipinski definition) is 3. The van der Waals surface area contributed by atoms with E-state index in [9.17, 15) is 14.4 Å². The first-order valence-electron chi connectivity index (χ1n) is 6.47. The van der Waals surface area contributed by atoms with Crippen molar-refractivity contribution >= 4 is 17.8 Å². The van der Waals surface area contributed by atoms with E-state index in [1.54, 1.807) is 36.4 Å². The summed E-state index contributed by atoms with van der Waals surface area (Å²) in [5, 5.41) is 13.5. The Morgan fingerprint density at radius 1 is 1.05 bits per heavy atom. The molecule has 2 amide bonds. The van der Waals surface area contributed by atoms with Crippen LogP contribution in [0.5, 0.6) is 0 Å². The highest BCUT2D eigenvalue weighted by Crippen LogP contribution is 2.06. The fraction of sp³-hybridized carbons (Fsp3) is 0.133. The van der Waals surface area contributed by atoms with Crippen LogP contribution >= 0.6 is 0 Å². The minimum atomic E-state index is -1.12. The standard InChI is InChI=1S/C15H14N2O5/c18-13(19)9-17-14(20)11-4-1-3-10(7-11)8-16-15(21)12-5-2-6-22-12/h1-7H,8-9H2,(H,16,21)(H,17,20)(H,18,19). The van der Waals surface area contributed by atoms with E-state index in [1.165, 1.54) is 6.26 Å². The third-order valence-corrected chi connectivity index (χ3v) is 2.79. The molecule has 0 aliphatic rings. The van der Waals surface area contributed by atoms with Gasteiger partial charge in [0.25, 0.3) is 11.8 Å². The molecule has 7 heteroatoms. The molecule has 0 atom stereocenters. The summed E-state index contributed by atoms with van der Waals surface area (Å²) in [4.78, 5) is 33.9. The van der Waals surface area contributed by atoms with Crippen LogP contribution in [0.3, 0.4) is 0 Å². The second kappa shape index (κ2) is 7.07. The maximum absolute atomic E-state index is 11.7. The van der Waals surface area contributed by atoms with Crippen LogP contribution in [0.2, 0.25) is 0 Å². The molecule has 0 saturated heterocycles. The van der Waals surface area contributed by atoms with Crippen LogP contribution in [0.15, 0.2) is 47.1 Å². The fourth-order valence-electron chi connectivity index (χ4n) is 1.76. The highest BCUT2D eigenvalue weighted by atomic mass is 16.4. The molecule has 0 saturated carbocycles. The first-order chi connectivity index (χ1) is 10.6. The zero-order chi connectivity index (χ0) is 15.9. The van der Waals surface area contributed by atoms with Crippen molar-refractivity contribution in [2.24, 2.45) is 0 Å². The van der Waals surface area contributed by atoms with Crippen molar-refractivity contribution in [2.45, 2.75) is 6.54 Å². The number of carboxylic acid groups (broad SMARTS) is 1. The van der Waals surface area contributed by atoms with Crippen LogP contribution < -0.4 is 10.6 Å². The van der Waals surface area contributed by atoms with Crippen LogP contribution in [-0.4, -0.2) is 29.4 Å². The Morgan fingerprint density at radius 3 is 2.55 bits per heavy atom. The summed E-state index contributed by atoms with van der Waals surface area (Å²) in [6.07, 6.45) is 1.41. The van der Waals surface area contributed by atoms with Gasteiger partial charge in [0, 0.05) is 12.1 Å². The van der Waals surface area contributed by atoms with E-state index in [0.717, 1.165) is 0 Å². The van der Waals surface area contributed by atoms with E-state index in [4.69, 9.17) is 9.52 Å². The van der Waals surface area contributed by atoms with E-state index in [-0.39, 0.29) is 18.2 Å². The SMILES string of the molecule is O=C(O)CNC(=O)c1cccc(CNC(=O)c2ccco2)c1. The van der Waals surface area contributed by atoms with Gasteiger partial charge in [0.05, 0.1) is 6.26 Å². The number of aliphatic carboxylic acids is 1. The molecule has 0 aliphatic carbocycles. The van der Waals surface area contributed by atoms with Crippen molar-refractivity contribution < 1.29 is 23.9 Å². The van der Waals surface area contributed by atoms with Gasteiger partial charge in [0.1, 0.15) is 6.54 Å². The number of nitrogens with one attached hydrogen (secondary N) is 2. The Morgan fingerprint density at radius 2 is 1.86 bits per heavy atom. The molecule has 1 heterocycles. The van der Waals surface area contributed by atoms with Gasteiger partial charge in [0.15, 0.2) is 5.76 Å². The largest absolute Gasteiger partial charge is 0.480 e. The third-order valence-electron chi connectivity index (χ3n) is 2.79. The van der Waals surface area contributed by atoms with Gasteiger partial charge in [-0.3, -0.25) is 14.4 Å². The monoisotopic (exact) mass is 302 g/mol. The molecule has 7 nitrogen and oxygen atoms in total. The molecule has 0 aliphatic heterocycles. The van der Waals surface area contributed by atoms with E-state index in [2.05, 4.69) is 10.6 Å². The molecule has 0 spiro atoms. The summed E-state index contributed by atoms with van der Waals surface area (Å²) >= 11 is 0. The maximum atomic E-state index is 11.7. The first kappa shape index (κ1) is 15.3. The van der Waals surface area contributed by atoms with Gasteiger partial charge in [0.2, 0.25) is 0 Å². The minimum Gasteiger partial charge on any atom is -0.480 e. The van der Waals surface area contributed by atoms with E-state index in [1.807, 2.05) is 0 Å². The molecule has 0 radical (unpaired) electrons. The number of carbonyl (C=O) groups excluding carboxylic acids is 2. The number of rotatable bonds is 6. The number of hydrogen-bond acceptors (Lipinski definition) is 4.